The third-order valence-corrected chi connectivity index (χ3v) is 12.0. The van der Waals surface area contributed by atoms with E-state index in [2.05, 4.69) is 229 Å². The van der Waals surface area contributed by atoms with E-state index in [1.165, 1.54) is 33.0 Å². The summed E-state index contributed by atoms with van der Waals surface area (Å²) in [4.78, 5) is 2.43. The van der Waals surface area contributed by atoms with Gasteiger partial charge < -0.3 is 13.9 Å². The van der Waals surface area contributed by atoms with E-state index in [1.54, 1.807) is 0 Å². The van der Waals surface area contributed by atoms with Gasteiger partial charge in [0.2, 0.25) is 0 Å². The monoisotopic (exact) mass is 744 g/mol. The van der Waals surface area contributed by atoms with Crippen LogP contribution in [0.3, 0.4) is 0 Å². The average Bonchev–Trinajstić information content (AvgIpc) is 3.85. The lowest BCUT2D eigenvalue weighted by atomic mass is 9.77. The molecule has 0 bridgehead atoms. The second-order valence-corrected chi connectivity index (χ2v) is 15.5. The predicted octanol–water partition coefficient (Wildman–Crippen LogP) is 15.0. The number of rotatable bonds is 7. The molecule has 3 nitrogen and oxygen atoms in total. The Morgan fingerprint density at radius 2 is 1.21 bits per heavy atom. The first kappa shape index (κ1) is 33.9. The third-order valence-electron chi connectivity index (χ3n) is 12.0. The molecule has 1 unspecified atom stereocenters. The first-order valence-electron chi connectivity index (χ1n) is 20.1. The molecule has 3 heteroatoms. The molecule has 0 amide bonds. The van der Waals surface area contributed by atoms with Gasteiger partial charge in [-0.25, -0.2) is 0 Å². The molecule has 1 aliphatic carbocycles. The van der Waals surface area contributed by atoms with Crippen molar-refractivity contribution in [3.63, 3.8) is 0 Å². The molecule has 10 aromatic rings. The van der Waals surface area contributed by atoms with Gasteiger partial charge in [-0.2, -0.15) is 0 Å². The Bertz CT molecular complexity index is 3190. The van der Waals surface area contributed by atoms with Gasteiger partial charge in [0.1, 0.15) is 5.58 Å². The summed E-state index contributed by atoms with van der Waals surface area (Å²) in [5.74, 6) is 0. The summed E-state index contributed by atoms with van der Waals surface area (Å²) >= 11 is 0. The summed E-state index contributed by atoms with van der Waals surface area (Å²) < 4.78 is 9.14. The Morgan fingerprint density at radius 3 is 1.97 bits per heavy atom. The van der Waals surface area contributed by atoms with Gasteiger partial charge in [0, 0.05) is 49.6 Å². The van der Waals surface area contributed by atoms with Gasteiger partial charge in [0.25, 0.3) is 0 Å². The molecule has 0 saturated heterocycles. The van der Waals surface area contributed by atoms with Crippen LogP contribution in [0.25, 0.3) is 71.7 Å². The topological polar surface area (TPSA) is 21.3 Å². The van der Waals surface area contributed by atoms with Crippen LogP contribution < -0.4 is 4.90 Å². The van der Waals surface area contributed by atoms with Crippen LogP contribution in [0.4, 0.5) is 11.4 Å². The van der Waals surface area contributed by atoms with Crippen molar-refractivity contribution in [2.75, 3.05) is 4.90 Å². The highest BCUT2D eigenvalue weighted by atomic mass is 16.3. The molecular formula is C55H40N2O. The van der Waals surface area contributed by atoms with E-state index in [-0.39, 0.29) is 5.41 Å². The zero-order valence-corrected chi connectivity index (χ0v) is 32.2. The van der Waals surface area contributed by atoms with Crippen LogP contribution in [0.5, 0.6) is 0 Å². The van der Waals surface area contributed by atoms with Crippen molar-refractivity contribution in [1.82, 2.24) is 4.57 Å². The van der Waals surface area contributed by atoms with Crippen molar-refractivity contribution < 1.29 is 4.42 Å². The Balaban J connectivity index is 1.11. The number of benzene rings is 8. The number of hydrogen-bond donors (Lipinski definition) is 0. The maximum atomic E-state index is 6.77. The molecule has 1 atom stereocenters. The van der Waals surface area contributed by atoms with Crippen molar-refractivity contribution in [3.05, 3.63) is 224 Å². The van der Waals surface area contributed by atoms with Crippen molar-refractivity contribution in [2.45, 2.75) is 18.8 Å². The lowest BCUT2D eigenvalue weighted by Gasteiger charge is -2.34. The van der Waals surface area contributed by atoms with Gasteiger partial charge in [-0.15, -0.1) is 0 Å². The van der Waals surface area contributed by atoms with Gasteiger partial charge in [-0.05, 0) is 83.3 Å². The average molecular weight is 745 g/mol. The van der Waals surface area contributed by atoms with Crippen molar-refractivity contribution in [1.29, 1.82) is 0 Å². The SMILES string of the molecule is CC1(c2ccccc2)C=CC(N(c2ccc(-c3cc4c5ccccc5oc4c4c3c3ccccc3n4-c3ccccc3)cc2)c2ccccc2-c2ccccc2)=CC1. The minimum absolute atomic E-state index is 0.0839. The summed E-state index contributed by atoms with van der Waals surface area (Å²) in [5.41, 5.74) is 14.5. The molecule has 8 aromatic carbocycles. The molecular weight excluding hydrogens is 705 g/mol. The Kier molecular flexibility index (Phi) is 8.01. The number of aromatic nitrogens is 1. The molecule has 0 fully saturated rings. The Morgan fingerprint density at radius 1 is 0.569 bits per heavy atom. The maximum absolute atomic E-state index is 6.77. The number of allylic oxidation sites excluding steroid dienone is 3. The Hall–Kier alpha value is -7.36. The summed E-state index contributed by atoms with van der Waals surface area (Å²) in [7, 11) is 0. The summed E-state index contributed by atoms with van der Waals surface area (Å²) in [6.07, 6.45) is 8.00. The fraction of sp³-hybridized carbons (Fsp3) is 0.0545. The minimum atomic E-state index is -0.0839. The highest BCUT2D eigenvalue weighted by Crippen LogP contribution is 2.47. The summed E-state index contributed by atoms with van der Waals surface area (Å²) in [6, 6.07) is 69.6. The van der Waals surface area contributed by atoms with Gasteiger partial charge >= 0.3 is 0 Å². The van der Waals surface area contributed by atoms with Gasteiger partial charge in [-0.3, -0.25) is 0 Å². The molecule has 11 rings (SSSR count). The quantitative estimate of drug-likeness (QED) is 0.162. The number of nitrogens with zero attached hydrogens (tertiary/aromatic N) is 2. The molecule has 1 aliphatic rings. The van der Waals surface area contributed by atoms with E-state index < -0.39 is 0 Å². The fourth-order valence-electron chi connectivity index (χ4n) is 9.07. The van der Waals surface area contributed by atoms with Crippen LogP contribution in [0.15, 0.2) is 222 Å². The smallest absolute Gasteiger partial charge is 0.160 e. The normalized spacial score (nSPS) is 15.4. The summed E-state index contributed by atoms with van der Waals surface area (Å²) in [5, 5.41) is 4.60. The van der Waals surface area contributed by atoms with Crippen LogP contribution in [0, 0.1) is 0 Å². The van der Waals surface area contributed by atoms with Crippen LogP contribution >= 0.6 is 0 Å². The lowest BCUT2D eigenvalue weighted by Crippen LogP contribution is -2.24. The van der Waals surface area contributed by atoms with E-state index in [4.69, 9.17) is 4.42 Å². The molecule has 0 radical (unpaired) electrons. The molecule has 276 valence electrons. The zero-order valence-electron chi connectivity index (χ0n) is 32.2. The number of para-hydroxylation sites is 4. The zero-order chi connectivity index (χ0) is 38.6. The van der Waals surface area contributed by atoms with Crippen LogP contribution in [0.1, 0.15) is 18.9 Å². The number of anilines is 2. The predicted molar refractivity (Wildman–Crippen MR) is 243 cm³/mol. The Labute approximate surface area is 338 Å². The van der Waals surface area contributed by atoms with Crippen molar-refractivity contribution in [3.8, 4) is 27.9 Å². The highest BCUT2D eigenvalue weighted by molar-refractivity contribution is 6.26. The molecule has 0 aliphatic heterocycles. The largest absolute Gasteiger partial charge is 0.454 e. The van der Waals surface area contributed by atoms with E-state index in [9.17, 15) is 0 Å². The van der Waals surface area contributed by atoms with Crippen LogP contribution in [-0.2, 0) is 5.41 Å². The second-order valence-electron chi connectivity index (χ2n) is 15.5. The molecule has 2 heterocycles. The van der Waals surface area contributed by atoms with Gasteiger partial charge in [0.15, 0.2) is 5.58 Å². The molecule has 0 saturated carbocycles. The number of fused-ring (bicyclic) bond motifs is 7. The number of hydrogen-bond acceptors (Lipinski definition) is 2. The molecule has 2 aromatic heterocycles. The first-order valence-corrected chi connectivity index (χ1v) is 20.1. The van der Waals surface area contributed by atoms with Crippen LogP contribution in [-0.4, -0.2) is 4.57 Å². The van der Waals surface area contributed by atoms with E-state index in [1.807, 2.05) is 0 Å². The summed E-state index contributed by atoms with van der Waals surface area (Å²) in [6.45, 7) is 2.33. The maximum Gasteiger partial charge on any atom is 0.160 e. The standard InChI is InChI=1S/C55H40N2O/c1-55(40-19-7-3-8-20-40)35-33-43(34-36-55)56(49-26-14-11-23-44(49)38-17-5-2-6-18-38)42-31-29-39(30-32-42)47-37-48-45-24-13-16-28-51(45)58-54(48)53-52(47)46-25-12-15-27-50(46)57(53)41-21-9-4-10-22-41/h2-35,37H,36H2,1H3. The number of furan rings is 1. The minimum Gasteiger partial charge on any atom is -0.454 e. The van der Waals surface area contributed by atoms with Gasteiger partial charge in [0.05, 0.1) is 16.7 Å². The van der Waals surface area contributed by atoms with Crippen LogP contribution in [0.2, 0.25) is 0 Å². The highest BCUT2D eigenvalue weighted by Gasteiger charge is 2.28. The third kappa shape index (κ3) is 5.50. The molecule has 0 spiro atoms. The van der Waals surface area contributed by atoms with E-state index in [0.29, 0.717) is 0 Å². The molecule has 0 N–H and O–H groups in total. The first-order chi connectivity index (χ1) is 28.6. The second kappa shape index (κ2) is 13.7. The lowest BCUT2D eigenvalue weighted by molar-refractivity contribution is 0.595. The van der Waals surface area contributed by atoms with Crippen molar-refractivity contribution >= 4 is 55.1 Å². The molecule has 58 heavy (non-hydrogen) atoms. The fourth-order valence-corrected chi connectivity index (χ4v) is 9.07. The van der Waals surface area contributed by atoms with E-state index >= 15 is 0 Å². The van der Waals surface area contributed by atoms with Gasteiger partial charge in [-0.1, -0.05) is 165 Å². The van der Waals surface area contributed by atoms with E-state index in [0.717, 1.165) is 67.7 Å². The van der Waals surface area contributed by atoms with Crippen molar-refractivity contribution in [2.24, 2.45) is 0 Å².